The van der Waals surface area contributed by atoms with Crippen molar-refractivity contribution in [2.24, 2.45) is 0 Å². The highest BCUT2D eigenvalue weighted by Gasteiger charge is 2.22. The van der Waals surface area contributed by atoms with Crippen molar-refractivity contribution in [1.82, 2.24) is 9.78 Å². The molecule has 0 saturated heterocycles. The number of fused-ring (bicyclic) bond motifs is 1. The predicted molar refractivity (Wildman–Crippen MR) is 98.1 cm³/mol. The van der Waals surface area contributed by atoms with Gasteiger partial charge in [-0.25, -0.2) is 4.68 Å². The molecule has 118 valence electrons. The molecule has 0 unspecified atom stereocenters. The second-order valence-corrected chi connectivity index (χ2v) is 7.26. The Morgan fingerprint density at radius 2 is 2.17 bits per heavy atom. The highest BCUT2D eigenvalue weighted by Crippen LogP contribution is 2.36. The molecule has 0 atom stereocenters. The van der Waals surface area contributed by atoms with E-state index in [0.29, 0.717) is 0 Å². The molecule has 0 amide bonds. The summed E-state index contributed by atoms with van der Waals surface area (Å²) in [7, 11) is 0. The van der Waals surface area contributed by atoms with Gasteiger partial charge in [-0.3, -0.25) is 0 Å². The number of nitrogens with zero attached hydrogens (tertiary/aromatic N) is 2. The number of anilines is 1. The fourth-order valence-corrected chi connectivity index (χ4v) is 4.11. The van der Waals surface area contributed by atoms with Gasteiger partial charge in [-0.05, 0) is 61.4 Å². The van der Waals surface area contributed by atoms with Gasteiger partial charge in [0.2, 0.25) is 0 Å². The van der Waals surface area contributed by atoms with E-state index < -0.39 is 0 Å². The molecule has 3 nitrogen and oxygen atoms in total. The summed E-state index contributed by atoms with van der Waals surface area (Å²) in [5, 5.41) is 11.4. The maximum atomic E-state index is 6.12. The lowest BCUT2D eigenvalue weighted by Crippen LogP contribution is -2.08. The molecule has 5 heteroatoms. The van der Waals surface area contributed by atoms with Gasteiger partial charge in [0, 0.05) is 17.1 Å². The van der Waals surface area contributed by atoms with Crippen LogP contribution in [0.1, 0.15) is 24.0 Å². The maximum absolute atomic E-state index is 6.12. The minimum Gasteiger partial charge on any atom is -0.370 e. The van der Waals surface area contributed by atoms with Crippen LogP contribution in [0.15, 0.2) is 35.7 Å². The minimum absolute atomic E-state index is 0.760. The first-order valence-corrected chi connectivity index (χ1v) is 9.16. The Balaban J connectivity index is 1.93. The van der Waals surface area contributed by atoms with E-state index in [0.717, 1.165) is 40.8 Å². The Labute approximate surface area is 144 Å². The van der Waals surface area contributed by atoms with E-state index in [1.807, 2.05) is 12.1 Å². The average Bonchev–Trinajstić information content (AvgIpc) is 3.10. The molecule has 1 aliphatic heterocycles. The van der Waals surface area contributed by atoms with Crippen LogP contribution in [0.4, 0.5) is 5.82 Å². The first-order chi connectivity index (χ1) is 11.2. The van der Waals surface area contributed by atoms with Gasteiger partial charge in [-0.15, -0.1) is 11.3 Å². The number of halogens is 1. The zero-order chi connectivity index (χ0) is 15.8. The molecule has 2 aromatic heterocycles. The topological polar surface area (TPSA) is 29.9 Å². The zero-order valence-electron chi connectivity index (χ0n) is 13.0. The summed E-state index contributed by atoms with van der Waals surface area (Å²) in [6, 6.07) is 10.2. The fraction of sp³-hybridized carbons (Fsp3) is 0.278. The normalized spacial score (nSPS) is 14.2. The number of aromatic nitrogens is 2. The molecule has 0 fully saturated rings. The van der Waals surface area contributed by atoms with Gasteiger partial charge in [0.1, 0.15) is 11.5 Å². The lowest BCUT2D eigenvalue weighted by atomic mass is 10.1. The molecule has 3 heterocycles. The predicted octanol–water partition coefficient (Wildman–Crippen LogP) is 5.31. The number of aryl methyl sites for hydroxylation is 1. The van der Waals surface area contributed by atoms with Crippen molar-refractivity contribution < 1.29 is 0 Å². The summed E-state index contributed by atoms with van der Waals surface area (Å²) in [4.78, 5) is 1.23. The van der Waals surface area contributed by atoms with E-state index in [1.165, 1.54) is 23.3 Å². The molecular formula is C18H18ClN3S. The summed E-state index contributed by atoms with van der Waals surface area (Å²) >= 11 is 7.86. The summed E-state index contributed by atoms with van der Waals surface area (Å²) in [6.07, 6.45) is 3.46. The van der Waals surface area contributed by atoms with Gasteiger partial charge in [-0.2, -0.15) is 5.10 Å². The van der Waals surface area contributed by atoms with E-state index in [4.69, 9.17) is 16.7 Å². The van der Waals surface area contributed by atoms with Crippen molar-refractivity contribution in [2.45, 2.75) is 26.2 Å². The smallest absolute Gasteiger partial charge is 0.133 e. The highest BCUT2D eigenvalue weighted by molar-refractivity contribution is 7.13. The van der Waals surface area contributed by atoms with E-state index in [9.17, 15) is 0 Å². The van der Waals surface area contributed by atoms with Crippen LogP contribution in [-0.4, -0.2) is 16.3 Å². The van der Waals surface area contributed by atoms with Crippen LogP contribution in [0.25, 0.3) is 16.3 Å². The molecule has 0 saturated carbocycles. The number of benzene rings is 1. The highest BCUT2D eigenvalue weighted by atomic mass is 35.5. The van der Waals surface area contributed by atoms with Crippen LogP contribution >= 0.6 is 22.9 Å². The van der Waals surface area contributed by atoms with Crippen molar-refractivity contribution >= 4 is 28.8 Å². The molecule has 1 N–H and O–H groups in total. The third-order valence-electron chi connectivity index (χ3n) is 4.27. The van der Waals surface area contributed by atoms with Crippen molar-refractivity contribution in [3.05, 3.63) is 51.9 Å². The number of nitrogens with one attached hydrogen (secondary N) is 1. The molecule has 3 aromatic rings. The van der Waals surface area contributed by atoms with Gasteiger partial charge in [0.05, 0.1) is 10.6 Å². The van der Waals surface area contributed by atoms with Crippen molar-refractivity contribution in [1.29, 1.82) is 0 Å². The van der Waals surface area contributed by atoms with Crippen LogP contribution in [0, 0.1) is 6.92 Å². The zero-order valence-corrected chi connectivity index (χ0v) is 14.5. The molecule has 4 rings (SSSR count). The summed E-state index contributed by atoms with van der Waals surface area (Å²) in [5.41, 5.74) is 4.66. The van der Waals surface area contributed by atoms with Crippen LogP contribution in [0.2, 0.25) is 5.02 Å². The first-order valence-electron chi connectivity index (χ1n) is 7.90. The monoisotopic (exact) mass is 343 g/mol. The van der Waals surface area contributed by atoms with Crippen LogP contribution < -0.4 is 5.32 Å². The standard InChI is InChI=1S/C18H18ClN3S/c1-12-11-13(19)7-8-15(12)22-18-14(5-2-3-9-20-18)17(21-22)16-6-4-10-23-16/h4,6-8,10-11,20H,2-3,5,9H2,1H3. The van der Waals surface area contributed by atoms with E-state index in [1.54, 1.807) is 11.3 Å². The lowest BCUT2D eigenvalue weighted by Gasteiger charge is -2.11. The molecule has 0 bridgehead atoms. The molecule has 0 spiro atoms. The van der Waals surface area contributed by atoms with Crippen molar-refractivity contribution in [3.8, 4) is 16.3 Å². The number of thiophene rings is 1. The van der Waals surface area contributed by atoms with E-state index in [2.05, 4.69) is 40.5 Å². The molecule has 1 aliphatic rings. The van der Waals surface area contributed by atoms with Crippen LogP contribution in [-0.2, 0) is 6.42 Å². The van der Waals surface area contributed by atoms with E-state index >= 15 is 0 Å². The van der Waals surface area contributed by atoms with Crippen molar-refractivity contribution in [2.75, 3.05) is 11.9 Å². The Kier molecular flexibility index (Phi) is 3.87. The maximum Gasteiger partial charge on any atom is 0.133 e. The first kappa shape index (κ1) is 14.8. The van der Waals surface area contributed by atoms with Crippen LogP contribution in [0.3, 0.4) is 0 Å². The fourth-order valence-electron chi connectivity index (χ4n) is 3.14. The second kappa shape index (κ2) is 6.02. The van der Waals surface area contributed by atoms with Gasteiger partial charge in [0.25, 0.3) is 0 Å². The Bertz CT molecular complexity index is 836. The third kappa shape index (κ3) is 2.66. The molecule has 1 aromatic carbocycles. The summed E-state index contributed by atoms with van der Waals surface area (Å²) in [5.74, 6) is 1.14. The van der Waals surface area contributed by atoms with Gasteiger partial charge in [-0.1, -0.05) is 17.7 Å². The van der Waals surface area contributed by atoms with Gasteiger partial charge in [0.15, 0.2) is 0 Å². The minimum atomic E-state index is 0.760. The number of rotatable bonds is 2. The average molecular weight is 344 g/mol. The molecular weight excluding hydrogens is 326 g/mol. The SMILES string of the molecule is Cc1cc(Cl)ccc1-n1nc(-c2cccs2)c2c1NCCCC2. The quantitative estimate of drug-likeness (QED) is 0.683. The summed E-state index contributed by atoms with van der Waals surface area (Å²) in [6.45, 7) is 3.08. The van der Waals surface area contributed by atoms with Gasteiger partial charge < -0.3 is 5.32 Å². The molecule has 0 radical (unpaired) electrons. The van der Waals surface area contributed by atoms with E-state index in [-0.39, 0.29) is 0 Å². The molecule has 23 heavy (non-hydrogen) atoms. The lowest BCUT2D eigenvalue weighted by molar-refractivity contribution is 0.780. The second-order valence-electron chi connectivity index (χ2n) is 5.88. The third-order valence-corrected chi connectivity index (χ3v) is 5.38. The van der Waals surface area contributed by atoms with Gasteiger partial charge >= 0.3 is 0 Å². The molecule has 0 aliphatic carbocycles. The Morgan fingerprint density at radius 3 is 2.96 bits per heavy atom. The largest absolute Gasteiger partial charge is 0.370 e. The number of hydrogen-bond acceptors (Lipinski definition) is 3. The Hall–Kier alpha value is -1.78. The van der Waals surface area contributed by atoms with Crippen LogP contribution in [0.5, 0.6) is 0 Å². The number of hydrogen-bond donors (Lipinski definition) is 1. The van der Waals surface area contributed by atoms with Crippen molar-refractivity contribution in [3.63, 3.8) is 0 Å². The summed E-state index contributed by atoms with van der Waals surface area (Å²) < 4.78 is 2.06. The Morgan fingerprint density at radius 1 is 1.26 bits per heavy atom.